The number of sulfonamides is 1. The lowest BCUT2D eigenvalue weighted by atomic mass is 10.3. The van der Waals surface area contributed by atoms with E-state index in [0.717, 1.165) is 31.4 Å². The van der Waals surface area contributed by atoms with Crippen molar-refractivity contribution in [2.45, 2.75) is 23.1 Å². The lowest BCUT2D eigenvalue weighted by Gasteiger charge is -2.08. The van der Waals surface area contributed by atoms with Crippen LogP contribution in [0.4, 0.5) is 4.39 Å². The smallest absolute Gasteiger partial charge is 0.240 e. The summed E-state index contributed by atoms with van der Waals surface area (Å²) in [5, 5.41) is 3.02. The average Bonchev–Trinajstić information content (AvgIpc) is 2.36. The minimum Gasteiger partial charge on any atom is -0.315 e. The van der Waals surface area contributed by atoms with Gasteiger partial charge in [0.1, 0.15) is 10.7 Å². The molecule has 0 bridgehead atoms. The first-order chi connectivity index (χ1) is 9.68. The van der Waals surface area contributed by atoms with Gasteiger partial charge >= 0.3 is 0 Å². The number of nitrogens with one attached hydrogen (secondary N) is 2. The fourth-order valence-electron chi connectivity index (χ4n) is 1.61. The lowest BCUT2D eigenvalue weighted by Crippen LogP contribution is -2.32. The molecule has 0 amide bonds. The second kappa shape index (κ2) is 7.30. The van der Waals surface area contributed by atoms with Crippen LogP contribution in [0.3, 0.4) is 0 Å². The van der Waals surface area contributed by atoms with E-state index < -0.39 is 30.6 Å². The first-order valence-corrected chi connectivity index (χ1v) is 9.76. The Morgan fingerprint density at radius 1 is 1.10 bits per heavy atom. The molecule has 120 valence electrons. The molecule has 2 N–H and O–H groups in total. The maximum absolute atomic E-state index is 13.7. The van der Waals surface area contributed by atoms with E-state index in [1.54, 1.807) is 0 Å². The molecular weight excluding hydrogens is 319 g/mol. The Hall–Kier alpha value is -1.03. The normalized spacial score (nSPS) is 12.5. The molecule has 1 rings (SSSR count). The van der Waals surface area contributed by atoms with Gasteiger partial charge < -0.3 is 5.32 Å². The second-order valence-corrected chi connectivity index (χ2v) is 8.26. The van der Waals surface area contributed by atoms with Crippen molar-refractivity contribution < 1.29 is 21.2 Å². The van der Waals surface area contributed by atoms with Crippen molar-refractivity contribution in [2.24, 2.45) is 0 Å². The Kier molecular flexibility index (Phi) is 6.26. The summed E-state index contributed by atoms with van der Waals surface area (Å²) >= 11 is 0. The van der Waals surface area contributed by atoms with E-state index >= 15 is 0 Å². The Morgan fingerprint density at radius 2 is 1.76 bits per heavy atom. The fourth-order valence-corrected chi connectivity index (χ4v) is 3.38. The highest BCUT2D eigenvalue weighted by atomic mass is 32.2. The molecule has 9 heteroatoms. The molecule has 0 saturated heterocycles. The molecule has 0 aliphatic rings. The Balaban J connectivity index is 2.83. The van der Waals surface area contributed by atoms with Crippen LogP contribution >= 0.6 is 0 Å². The van der Waals surface area contributed by atoms with Crippen molar-refractivity contribution in [2.75, 3.05) is 25.9 Å². The molecular formula is C12H19FN2O4S2. The standard InChI is InChI=1S/C12H19FN2O4S2/c1-3-6-14-7-8-15-21(18,19)10-4-5-12(11(13)9-10)20(2,16)17/h4-5,9,14-15H,3,6-8H2,1-2H3. The molecule has 0 aliphatic carbocycles. The molecule has 0 aliphatic heterocycles. The summed E-state index contributed by atoms with van der Waals surface area (Å²) in [6.45, 7) is 3.39. The van der Waals surface area contributed by atoms with Gasteiger partial charge in [-0.15, -0.1) is 0 Å². The van der Waals surface area contributed by atoms with Gasteiger partial charge in [0.15, 0.2) is 9.84 Å². The van der Waals surface area contributed by atoms with Crippen LogP contribution in [0.2, 0.25) is 0 Å². The van der Waals surface area contributed by atoms with E-state index in [2.05, 4.69) is 10.0 Å². The molecule has 6 nitrogen and oxygen atoms in total. The van der Waals surface area contributed by atoms with E-state index in [9.17, 15) is 21.2 Å². The minimum absolute atomic E-state index is 0.164. The highest BCUT2D eigenvalue weighted by molar-refractivity contribution is 7.90. The van der Waals surface area contributed by atoms with E-state index in [-0.39, 0.29) is 11.4 Å². The van der Waals surface area contributed by atoms with Crippen molar-refractivity contribution in [3.63, 3.8) is 0 Å². The van der Waals surface area contributed by atoms with Crippen molar-refractivity contribution in [1.82, 2.24) is 10.0 Å². The summed E-state index contributed by atoms with van der Waals surface area (Å²) in [7, 11) is -7.58. The third kappa shape index (κ3) is 5.34. The molecule has 0 unspecified atom stereocenters. The monoisotopic (exact) mass is 338 g/mol. The highest BCUT2D eigenvalue weighted by Gasteiger charge is 2.19. The zero-order chi connectivity index (χ0) is 16.1. The molecule has 0 saturated carbocycles. The first kappa shape index (κ1) is 18.0. The van der Waals surface area contributed by atoms with E-state index in [1.165, 1.54) is 0 Å². The van der Waals surface area contributed by atoms with Gasteiger partial charge in [0.25, 0.3) is 0 Å². The van der Waals surface area contributed by atoms with Gasteiger partial charge in [-0.3, -0.25) is 0 Å². The van der Waals surface area contributed by atoms with Crippen LogP contribution in [0, 0.1) is 5.82 Å². The first-order valence-electron chi connectivity index (χ1n) is 6.38. The number of sulfone groups is 1. The van der Waals surface area contributed by atoms with Gasteiger partial charge in [-0.2, -0.15) is 0 Å². The summed E-state index contributed by atoms with van der Waals surface area (Å²) in [4.78, 5) is -0.825. The second-order valence-electron chi connectivity index (χ2n) is 4.51. The fraction of sp³-hybridized carbons (Fsp3) is 0.500. The van der Waals surface area contributed by atoms with Gasteiger partial charge in [0.05, 0.1) is 4.90 Å². The van der Waals surface area contributed by atoms with E-state index in [1.807, 2.05) is 6.92 Å². The Bertz CT molecular complexity index is 687. The highest BCUT2D eigenvalue weighted by Crippen LogP contribution is 2.18. The van der Waals surface area contributed by atoms with Crippen LogP contribution in [-0.4, -0.2) is 42.7 Å². The number of benzene rings is 1. The molecule has 0 heterocycles. The Morgan fingerprint density at radius 3 is 2.29 bits per heavy atom. The van der Waals surface area contributed by atoms with Crippen molar-refractivity contribution in [3.8, 4) is 0 Å². The SMILES string of the molecule is CCCNCCNS(=O)(=O)c1ccc(S(C)(=O)=O)c(F)c1. The molecule has 0 aromatic heterocycles. The van der Waals surface area contributed by atoms with Crippen LogP contribution in [0.25, 0.3) is 0 Å². The van der Waals surface area contributed by atoms with Crippen LogP contribution < -0.4 is 10.0 Å². The number of hydrogen-bond donors (Lipinski definition) is 2. The zero-order valence-electron chi connectivity index (χ0n) is 11.9. The molecule has 0 spiro atoms. The maximum atomic E-state index is 13.7. The topological polar surface area (TPSA) is 92.3 Å². The molecule has 1 aromatic rings. The van der Waals surface area contributed by atoms with Gasteiger partial charge in [0, 0.05) is 19.3 Å². The Labute approximate surface area is 124 Å². The summed E-state index contributed by atoms with van der Waals surface area (Å²) in [6, 6.07) is 2.73. The largest absolute Gasteiger partial charge is 0.315 e. The van der Waals surface area contributed by atoms with Crippen LogP contribution in [0.5, 0.6) is 0 Å². The average molecular weight is 338 g/mol. The minimum atomic E-state index is -3.86. The third-order valence-electron chi connectivity index (χ3n) is 2.63. The van der Waals surface area contributed by atoms with Crippen molar-refractivity contribution >= 4 is 19.9 Å². The van der Waals surface area contributed by atoms with Crippen LogP contribution in [0.15, 0.2) is 28.0 Å². The quantitative estimate of drug-likeness (QED) is 0.674. The van der Waals surface area contributed by atoms with E-state index in [0.29, 0.717) is 12.6 Å². The molecule has 21 heavy (non-hydrogen) atoms. The van der Waals surface area contributed by atoms with Crippen LogP contribution in [-0.2, 0) is 19.9 Å². The summed E-state index contributed by atoms with van der Waals surface area (Å²) in [5.41, 5.74) is 0. The molecule has 0 atom stereocenters. The molecule has 0 fully saturated rings. The van der Waals surface area contributed by atoms with Crippen molar-refractivity contribution in [1.29, 1.82) is 0 Å². The van der Waals surface area contributed by atoms with Gasteiger partial charge in [-0.05, 0) is 31.2 Å². The van der Waals surface area contributed by atoms with Gasteiger partial charge in [-0.1, -0.05) is 6.92 Å². The third-order valence-corrected chi connectivity index (χ3v) is 5.22. The maximum Gasteiger partial charge on any atom is 0.240 e. The summed E-state index contributed by atoms with van der Waals surface area (Å²) in [6.07, 6.45) is 1.79. The van der Waals surface area contributed by atoms with Gasteiger partial charge in [0.2, 0.25) is 10.0 Å². The predicted molar refractivity (Wildman–Crippen MR) is 77.9 cm³/mol. The zero-order valence-corrected chi connectivity index (χ0v) is 13.5. The van der Waals surface area contributed by atoms with E-state index in [4.69, 9.17) is 0 Å². The predicted octanol–water partition coefficient (Wildman–Crippen LogP) is 0.507. The van der Waals surface area contributed by atoms with Crippen LogP contribution in [0.1, 0.15) is 13.3 Å². The lowest BCUT2D eigenvalue weighted by molar-refractivity contribution is 0.559. The summed E-state index contributed by atoms with van der Waals surface area (Å²) in [5.74, 6) is -1.08. The molecule has 0 radical (unpaired) electrons. The molecule has 1 aromatic carbocycles. The number of rotatable bonds is 8. The van der Waals surface area contributed by atoms with Crippen molar-refractivity contribution in [3.05, 3.63) is 24.0 Å². The number of hydrogen-bond acceptors (Lipinski definition) is 5. The number of halogens is 1. The van der Waals surface area contributed by atoms with Gasteiger partial charge in [-0.25, -0.2) is 25.9 Å². The summed E-state index contributed by atoms with van der Waals surface area (Å²) < 4.78 is 62.4.